The third-order valence-corrected chi connectivity index (χ3v) is 3.75. The van der Waals surface area contributed by atoms with E-state index in [9.17, 15) is 18.0 Å². The minimum Gasteiger partial charge on any atom is -0.481 e. The van der Waals surface area contributed by atoms with Gasteiger partial charge in [0.05, 0.1) is 6.42 Å². The van der Waals surface area contributed by atoms with E-state index in [4.69, 9.17) is 5.11 Å². The van der Waals surface area contributed by atoms with E-state index < -0.39 is 24.6 Å². The lowest BCUT2D eigenvalue weighted by Gasteiger charge is -2.41. The number of piperazine rings is 1. The van der Waals surface area contributed by atoms with E-state index in [-0.39, 0.29) is 13.1 Å². The van der Waals surface area contributed by atoms with Crippen LogP contribution in [-0.2, 0) is 4.79 Å². The molecule has 1 aliphatic rings. The fourth-order valence-electron chi connectivity index (χ4n) is 2.37. The normalized spacial score (nSPS) is 22.2. The Morgan fingerprint density at radius 3 is 2.05 bits per heavy atom. The summed E-state index contributed by atoms with van der Waals surface area (Å²) < 4.78 is 38.6. The second kappa shape index (κ2) is 6.56. The minimum atomic E-state index is -4.49. The molecule has 7 heteroatoms. The van der Waals surface area contributed by atoms with Crippen LogP contribution >= 0.6 is 0 Å². The van der Waals surface area contributed by atoms with E-state index in [1.807, 2.05) is 13.8 Å². The van der Waals surface area contributed by atoms with Gasteiger partial charge in [-0.25, -0.2) is 0 Å². The predicted octanol–water partition coefficient (Wildman–Crippen LogP) is 1.81. The van der Waals surface area contributed by atoms with Gasteiger partial charge in [0, 0.05) is 32.2 Å². The van der Waals surface area contributed by atoms with E-state index >= 15 is 0 Å². The van der Waals surface area contributed by atoms with E-state index in [1.165, 1.54) is 4.90 Å². The number of hydrogen-bond acceptors (Lipinski definition) is 3. The number of carboxylic acids is 1. The minimum absolute atomic E-state index is 0.266. The highest BCUT2D eigenvalue weighted by molar-refractivity contribution is 5.67. The van der Waals surface area contributed by atoms with Crippen LogP contribution in [0.2, 0.25) is 0 Å². The molecular weight excluding hydrogens is 261 g/mol. The molecular formula is C12H21F3N2O2. The largest absolute Gasteiger partial charge is 0.481 e. The van der Waals surface area contributed by atoms with Crippen LogP contribution < -0.4 is 0 Å². The van der Waals surface area contributed by atoms with Crippen LogP contribution in [0.15, 0.2) is 0 Å². The number of aliphatic carboxylic acids is 1. The zero-order chi connectivity index (χ0) is 14.6. The molecule has 1 saturated heterocycles. The van der Waals surface area contributed by atoms with Gasteiger partial charge in [0.1, 0.15) is 6.04 Å². The molecule has 0 aromatic heterocycles. The summed E-state index contributed by atoms with van der Waals surface area (Å²) in [7, 11) is 0. The second-order valence-corrected chi connectivity index (χ2v) is 4.98. The van der Waals surface area contributed by atoms with Gasteiger partial charge in [0.25, 0.3) is 0 Å². The summed E-state index contributed by atoms with van der Waals surface area (Å²) in [4.78, 5) is 14.0. The Morgan fingerprint density at radius 1 is 1.21 bits per heavy atom. The average molecular weight is 282 g/mol. The highest BCUT2D eigenvalue weighted by Crippen LogP contribution is 2.28. The van der Waals surface area contributed by atoms with Crippen LogP contribution in [0.1, 0.15) is 26.7 Å². The van der Waals surface area contributed by atoms with Gasteiger partial charge in [-0.15, -0.1) is 0 Å². The lowest BCUT2D eigenvalue weighted by atomic mass is 10.1. The molecule has 2 atom stereocenters. The quantitative estimate of drug-likeness (QED) is 0.835. The van der Waals surface area contributed by atoms with Crippen LogP contribution in [-0.4, -0.2) is 65.3 Å². The number of halogens is 3. The van der Waals surface area contributed by atoms with Gasteiger partial charge in [-0.1, -0.05) is 6.92 Å². The molecule has 0 aromatic rings. The molecule has 112 valence electrons. The third kappa shape index (κ3) is 4.65. The maximum atomic E-state index is 12.9. The number of rotatable bonds is 5. The molecule has 0 radical (unpaired) electrons. The third-order valence-electron chi connectivity index (χ3n) is 3.75. The van der Waals surface area contributed by atoms with Crippen molar-refractivity contribution in [3.8, 4) is 0 Å². The van der Waals surface area contributed by atoms with Crippen LogP contribution in [0.3, 0.4) is 0 Å². The number of hydrogen-bond donors (Lipinski definition) is 1. The Morgan fingerprint density at radius 2 is 1.68 bits per heavy atom. The number of carbonyl (C=O) groups is 1. The molecule has 1 rings (SSSR count). The number of carboxylic acid groups (broad SMARTS) is 1. The highest BCUT2D eigenvalue weighted by atomic mass is 19.4. The Kier molecular flexibility index (Phi) is 5.61. The molecule has 0 spiro atoms. The first-order chi connectivity index (χ1) is 8.75. The van der Waals surface area contributed by atoms with Crippen molar-refractivity contribution < 1.29 is 23.1 Å². The Labute approximate surface area is 111 Å². The van der Waals surface area contributed by atoms with Crippen molar-refractivity contribution in [2.24, 2.45) is 0 Å². The first kappa shape index (κ1) is 16.2. The summed E-state index contributed by atoms with van der Waals surface area (Å²) in [6.45, 7) is 5.74. The summed E-state index contributed by atoms with van der Waals surface area (Å²) >= 11 is 0. The van der Waals surface area contributed by atoms with Crippen molar-refractivity contribution in [2.75, 3.05) is 26.2 Å². The Balaban J connectivity index is 2.62. The first-order valence-electron chi connectivity index (χ1n) is 6.52. The van der Waals surface area contributed by atoms with Gasteiger partial charge in [-0.05, 0) is 13.3 Å². The summed E-state index contributed by atoms with van der Waals surface area (Å²) in [6, 6.07) is -1.52. The van der Waals surface area contributed by atoms with E-state index in [2.05, 4.69) is 4.90 Å². The maximum absolute atomic E-state index is 12.9. The molecule has 1 N–H and O–H groups in total. The zero-order valence-electron chi connectivity index (χ0n) is 11.3. The first-order valence-corrected chi connectivity index (χ1v) is 6.52. The fraction of sp³-hybridized carbons (Fsp3) is 0.917. The Bertz CT molecular complexity index is 302. The van der Waals surface area contributed by atoms with Gasteiger partial charge in [0.15, 0.2) is 0 Å². The molecule has 1 aliphatic heterocycles. The summed E-state index contributed by atoms with van der Waals surface area (Å²) in [6.07, 6.45) is -4.42. The molecule has 1 heterocycles. The van der Waals surface area contributed by atoms with Gasteiger partial charge >= 0.3 is 12.1 Å². The number of nitrogens with zero attached hydrogens (tertiary/aromatic N) is 2. The van der Waals surface area contributed by atoms with Crippen LogP contribution in [0, 0.1) is 0 Å². The van der Waals surface area contributed by atoms with Gasteiger partial charge in [-0.2, -0.15) is 13.2 Å². The van der Waals surface area contributed by atoms with Crippen LogP contribution in [0.25, 0.3) is 0 Å². The second-order valence-electron chi connectivity index (χ2n) is 4.98. The molecule has 0 bridgehead atoms. The fourth-order valence-corrected chi connectivity index (χ4v) is 2.37. The molecule has 2 unspecified atom stereocenters. The molecule has 0 aromatic carbocycles. The maximum Gasteiger partial charge on any atom is 0.404 e. The van der Waals surface area contributed by atoms with Crippen LogP contribution in [0.5, 0.6) is 0 Å². The smallest absolute Gasteiger partial charge is 0.404 e. The van der Waals surface area contributed by atoms with E-state index in [1.54, 1.807) is 0 Å². The van der Waals surface area contributed by atoms with Gasteiger partial charge in [0.2, 0.25) is 0 Å². The summed E-state index contributed by atoms with van der Waals surface area (Å²) in [5.41, 5.74) is 0. The lowest BCUT2D eigenvalue weighted by Crippen LogP contribution is -2.56. The van der Waals surface area contributed by atoms with Gasteiger partial charge < -0.3 is 5.11 Å². The van der Waals surface area contributed by atoms with Gasteiger partial charge in [-0.3, -0.25) is 14.6 Å². The van der Waals surface area contributed by atoms with Crippen molar-refractivity contribution >= 4 is 5.97 Å². The topological polar surface area (TPSA) is 43.8 Å². The van der Waals surface area contributed by atoms with E-state index in [0.717, 1.165) is 6.42 Å². The van der Waals surface area contributed by atoms with Crippen molar-refractivity contribution in [2.45, 2.75) is 44.9 Å². The summed E-state index contributed by atoms with van der Waals surface area (Å²) in [5, 5.41) is 8.62. The van der Waals surface area contributed by atoms with Crippen molar-refractivity contribution in [3.05, 3.63) is 0 Å². The van der Waals surface area contributed by atoms with E-state index in [0.29, 0.717) is 19.1 Å². The van der Waals surface area contributed by atoms with Crippen molar-refractivity contribution in [3.63, 3.8) is 0 Å². The zero-order valence-corrected chi connectivity index (χ0v) is 11.3. The standard InChI is InChI=1S/C12H21F3N2O2/c1-3-9(2)16-4-6-17(7-5-16)10(8-11(18)19)12(13,14)15/h9-10H,3-8H2,1-2H3,(H,18,19). The molecule has 0 saturated carbocycles. The molecule has 1 fully saturated rings. The number of alkyl halides is 3. The monoisotopic (exact) mass is 282 g/mol. The highest BCUT2D eigenvalue weighted by Gasteiger charge is 2.45. The van der Waals surface area contributed by atoms with Crippen molar-refractivity contribution in [1.29, 1.82) is 0 Å². The molecule has 0 aliphatic carbocycles. The average Bonchev–Trinajstić information content (AvgIpc) is 2.34. The molecule has 19 heavy (non-hydrogen) atoms. The predicted molar refractivity (Wildman–Crippen MR) is 65.0 cm³/mol. The lowest BCUT2D eigenvalue weighted by molar-refractivity contribution is -0.194. The molecule has 4 nitrogen and oxygen atoms in total. The van der Waals surface area contributed by atoms with Crippen molar-refractivity contribution in [1.82, 2.24) is 9.80 Å². The molecule has 0 amide bonds. The SMILES string of the molecule is CCC(C)N1CCN(C(CC(=O)O)C(F)(F)F)CC1. The summed E-state index contributed by atoms with van der Waals surface area (Å²) in [5.74, 6) is -1.41. The Hall–Kier alpha value is -0.820. The van der Waals surface area contributed by atoms with Crippen LogP contribution in [0.4, 0.5) is 13.2 Å².